The van der Waals surface area contributed by atoms with Crippen LogP contribution in [0, 0.1) is 17.7 Å². The fourth-order valence-electron chi connectivity index (χ4n) is 2.40. The third kappa shape index (κ3) is 3.29. The zero-order valence-electron chi connectivity index (χ0n) is 11.2. The molecule has 1 aromatic rings. The summed E-state index contributed by atoms with van der Waals surface area (Å²) in [5, 5.41) is 8.40. The molecule has 0 amide bonds. The lowest BCUT2D eigenvalue weighted by Crippen LogP contribution is -2.34. The molecular weight excluding hydrogens is 366 g/mol. The highest BCUT2D eigenvalue weighted by Gasteiger charge is 2.55. The highest BCUT2D eigenvalue weighted by atomic mass is 35.5. The van der Waals surface area contributed by atoms with E-state index in [0.29, 0.717) is 4.31 Å². The molecule has 1 aliphatic heterocycles. The van der Waals surface area contributed by atoms with Gasteiger partial charge in [-0.25, -0.2) is 12.8 Å². The Morgan fingerprint density at radius 1 is 1.30 bits per heavy atom. The number of rotatable bonds is 3. The molecule has 0 saturated carbocycles. The van der Waals surface area contributed by atoms with Crippen LogP contribution in [0.1, 0.15) is 0 Å². The van der Waals surface area contributed by atoms with E-state index in [4.69, 9.17) is 16.7 Å². The van der Waals surface area contributed by atoms with Gasteiger partial charge in [-0.2, -0.15) is 17.5 Å². The molecule has 1 saturated heterocycles. The van der Waals surface area contributed by atoms with E-state index in [1.807, 2.05) is 0 Å². The lowest BCUT2D eigenvalue weighted by molar-refractivity contribution is -0.187. The van der Waals surface area contributed by atoms with Crippen LogP contribution >= 0.6 is 11.6 Å². The first-order valence-corrected chi connectivity index (χ1v) is 8.01. The van der Waals surface area contributed by atoms with Crippen molar-refractivity contribution in [2.24, 2.45) is 11.8 Å². The van der Waals surface area contributed by atoms with Crippen LogP contribution in [0.25, 0.3) is 0 Å². The SMILES string of the molecule is O=C(O)[C@@H]1CN(S(=O)(=O)c2c(F)cccc2Cl)C[C@H]1C(F)(F)F. The molecule has 5 nitrogen and oxygen atoms in total. The van der Waals surface area contributed by atoms with Crippen LogP contribution in [-0.4, -0.2) is 43.1 Å². The van der Waals surface area contributed by atoms with Crippen LogP contribution in [0.2, 0.25) is 5.02 Å². The van der Waals surface area contributed by atoms with Gasteiger partial charge < -0.3 is 5.11 Å². The third-order valence-corrected chi connectivity index (χ3v) is 5.88. The second-order valence-electron chi connectivity index (χ2n) is 4.97. The molecule has 1 N–H and O–H groups in total. The summed E-state index contributed by atoms with van der Waals surface area (Å²) < 4.78 is 77.5. The maximum Gasteiger partial charge on any atom is 0.393 e. The van der Waals surface area contributed by atoms with Gasteiger partial charge in [0.2, 0.25) is 10.0 Å². The molecule has 0 unspecified atom stereocenters. The van der Waals surface area contributed by atoms with Crippen molar-refractivity contribution in [3.8, 4) is 0 Å². The van der Waals surface area contributed by atoms with E-state index in [1.165, 1.54) is 0 Å². The number of nitrogens with zero attached hydrogens (tertiary/aromatic N) is 1. The van der Waals surface area contributed by atoms with E-state index < -0.39 is 62.8 Å². The fourth-order valence-corrected chi connectivity index (χ4v) is 4.46. The second-order valence-corrected chi connectivity index (χ2v) is 7.25. The van der Waals surface area contributed by atoms with E-state index in [1.54, 1.807) is 0 Å². The maximum absolute atomic E-state index is 13.8. The van der Waals surface area contributed by atoms with Crippen molar-refractivity contribution in [3.05, 3.63) is 29.0 Å². The van der Waals surface area contributed by atoms with E-state index in [2.05, 4.69) is 0 Å². The largest absolute Gasteiger partial charge is 0.481 e. The first kappa shape index (κ1) is 18.0. The Labute approximate surface area is 133 Å². The summed E-state index contributed by atoms with van der Waals surface area (Å²) in [4.78, 5) is 10.0. The summed E-state index contributed by atoms with van der Waals surface area (Å²) in [7, 11) is -4.70. The zero-order valence-corrected chi connectivity index (χ0v) is 12.8. The normalized spacial score (nSPS) is 23.2. The number of halogens is 5. The van der Waals surface area contributed by atoms with E-state index in [-0.39, 0.29) is 0 Å². The van der Waals surface area contributed by atoms with Gasteiger partial charge in [-0.05, 0) is 12.1 Å². The van der Waals surface area contributed by atoms with Gasteiger partial charge in [-0.3, -0.25) is 4.79 Å². The minimum atomic E-state index is -4.90. The summed E-state index contributed by atoms with van der Waals surface area (Å²) >= 11 is 5.63. The Morgan fingerprint density at radius 2 is 1.91 bits per heavy atom. The number of aliphatic carboxylic acids is 1. The van der Waals surface area contributed by atoms with Crippen molar-refractivity contribution < 1.29 is 35.9 Å². The smallest absolute Gasteiger partial charge is 0.393 e. The predicted octanol–water partition coefficient (Wildman–Crippen LogP) is 2.36. The maximum atomic E-state index is 13.8. The van der Waals surface area contributed by atoms with Crippen LogP contribution in [0.5, 0.6) is 0 Å². The number of alkyl halides is 3. The standard InChI is InChI=1S/C12H10ClF4NO4S/c13-8-2-1-3-9(14)10(8)23(21,22)18-4-6(11(19)20)7(5-18)12(15,16)17/h1-3,6-7H,4-5H2,(H,19,20)/t6-,7-/m1/s1. The first-order valence-electron chi connectivity index (χ1n) is 6.20. The van der Waals surface area contributed by atoms with E-state index in [9.17, 15) is 30.8 Å². The molecule has 1 fully saturated rings. The van der Waals surface area contributed by atoms with Crippen LogP contribution in [0.3, 0.4) is 0 Å². The molecule has 0 radical (unpaired) electrons. The van der Waals surface area contributed by atoms with Crippen LogP contribution in [0.4, 0.5) is 17.6 Å². The quantitative estimate of drug-likeness (QED) is 0.823. The summed E-state index contributed by atoms with van der Waals surface area (Å²) in [6.45, 7) is -2.01. The Kier molecular flexibility index (Phi) is 4.62. The topological polar surface area (TPSA) is 74.7 Å². The van der Waals surface area contributed by atoms with E-state index >= 15 is 0 Å². The Hall–Kier alpha value is -1.39. The predicted molar refractivity (Wildman–Crippen MR) is 70.8 cm³/mol. The fraction of sp³-hybridized carbons (Fsp3) is 0.417. The molecule has 1 aliphatic rings. The Balaban J connectivity index is 2.45. The highest BCUT2D eigenvalue weighted by Crippen LogP contribution is 2.40. The number of hydrogen-bond acceptors (Lipinski definition) is 3. The summed E-state index contributed by atoms with van der Waals surface area (Å²) in [5.41, 5.74) is 0. The molecule has 1 heterocycles. The molecule has 0 bridgehead atoms. The van der Waals surface area contributed by atoms with Crippen molar-refractivity contribution in [2.75, 3.05) is 13.1 Å². The second kappa shape index (κ2) is 5.91. The molecule has 0 aliphatic carbocycles. The zero-order chi connectivity index (χ0) is 17.6. The average molecular weight is 376 g/mol. The summed E-state index contributed by atoms with van der Waals surface area (Å²) in [6, 6.07) is 3.01. The number of carboxylic acid groups (broad SMARTS) is 1. The Bertz CT molecular complexity index is 717. The van der Waals surface area contributed by atoms with Gasteiger partial charge in [-0.1, -0.05) is 17.7 Å². The lowest BCUT2D eigenvalue weighted by Gasteiger charge is -2.19. The van der Waals surface area contributed by atoms with Crippen molar-refractivity contribution in [1.29, 1.82) is 0 Å². The molecule has 2 rings (SSSR count). The number of hydrogen-bond donors (Lipinski definition) is 1. The van der Waals surface area contributed by atoms with Crippen LogP contribution in [0.15, 0.2) is 23.1 Å². The van der Waals surface area contributed by atoms with Crippen molar-refractivity contribution >= 4 is 27.6 Å². The minimum Gasteiger partial charge on any atom is -0.481 e. The first-order chi connectivity index (χ1) is 10.5. The molecular formula is C12H10ClF4NO4S. The van der Waals surface area contributed by atoms with Crippen molar-refractivity contribution in [1.82, 2.24) is 4.31 Å². The van der Waals surface area contributed by atoms with Crippen molar-refractivity contribution in [2.45, 2.75) is 11.1 Å². The summed E-state index contributed by atoms with van der Waals surface area (Å²) in [5.74, 6) is -7.33. The third-order valence-electron chi connectivity index (χ3n) is 3.54. The molecule has 0 aromatic heterocycles. The molecule has 23 heavy (non-hydrogen) atoms. The molecule has 128 valence electrons. The van der Waals surface area contributed by atoms with Gasteiger partial charge >= 0.3 is 12.1 Å². The summed E-state index contributed by atoms with van der Waals surface area (Å²) in [6.07, 6.45) is -4.90. The van der Waals surface area contributed by atoms with Gasteiger partial charge in [0, 0.05) is 13.1 Å². The van der Waals surface area contributed by atoms with Gasteiger partial charge in [0.05, 0.1) is 16.9 Å². The number of carboxylic acids is 1. The number of sulfonamides is 1. The van der Waals surface area contributed by atoms with Gasteiger partial charge in [0.25, 0.3) is 0 Å². The van der Waals surface area contributed by atoms with Crippen LogP contribution < -0.4 is 0 Å². The minimum absolute atomic E-state index is 0.300. The molecule has 11 heteroatoms. The van der Waals surface area contributed by atoms with Gasteiger partial charge in [0.15, 0.2) is 0 Å². The van der Waals surface area contributed by atoms with E-state index in [0.717, 1.165) is 18.2 Å². The van der Waals surface area contributed by atoms with Gasteiger partial charge in [0.1, 0.15) is 10.7 Å². The monoisotopic (exact) mass is 375 g/mol. The molecule has 1 aromatic carbocycles. The highest BCUT2D eigenvalue weighted by molar-refractivity contribution is 7.89. The van der Waals surface area contributed by atoms with Gasteiger partial charge in [-0.15, -0.1) is 0 Å². The lowest BCUT2D eigenvalue weighted by atomic mass is 9.96. The number of benzene rings is 1. The van der Waals surface area contributed by atoms with Crippen molar-refractivity contribution in [3.63, 3.8) is 0 Å². The molecule has 2 atom stereocenters. The van der Waals surface area contributed by atoms with Crippen LogP contribution in [-0.2, 0) is 14.8 Å². The average Bonchev–Trinajstić information content (AvgIpc) is 2.83. The number of carbonyl (C=O) groups is 1. The Morgan fingerprint density at radius 3 is 2.35 bits per heavy atom. The molecule has 0 spiro atoms.